The lowest BCUT2D eigenvalue weighted by Crippen LogP contribution is -1.99. The van der Waals surface area contributed by atoms with Gasteiger partial charge in [0.15, 0.2) is 11.5 Å². The molecule has 0 fully saturated rings. The van der Waals surface area contributed by atoms with Crippen molar-refractivity contribution in [3.8, 4) is 11.5 Å². The van der Waals surface area contributed by atoms with E-state index in [0.717, 1.165) is 5.69 Å². The standard InChI is InChI=1S/C14H15FN2O2/c1-18-12-7-6-9(8-13(12)19-2)17-11-5-3-4-10(15)14(11)16/h3-8,17H,16H2,1-2H3. The number of rotatable bonds is 4. The predicted octanol–water partition coefficient (Wildman–Crippen LogP) is 3.17. The topological polar surface area (TPSA) is 56.5 Å². The molecular weight excluding hydrogens is 247 g/mol. The number of benzene rings is 2. The van der Waals surface area contributed by atoms with E-state index < -0.39 is 5.82 Å². The fraction of sp³-hybridized carbons (Fsp3) is 0.143. The van der Waals surface area contributed by atoms with Crippen molar-refractivity contribution in [3.05, 3.63) is 42.2 Å². The van der Waals surface area contributed by atoms with Gasteiger partial charge in [-0.1, -0.05) is 6.07 Å². The number of anilines is 3. The molecule has 19 heavy (non-hydrogen) atoms. The molecule has 0 saturated carbocycles. The van der Waals surface area contributed by atoms with Gasteiger partial charge in [-0.25, -0.2) is 4.39 Å². The van der Waals surface area contributed by atoms with Crippen molar-refractivity contribution in [1.29, 1.82) is 0 Å². The van der Waals surface area contributed by atoms with Crippen LogP contribution < -0.4 is 20.5 Å². The molecule has 0 unspecified atom stereocenters. The van der Waals surface area contributed by atoms with E-state index in [-0.39, 0.29) is 5.69 Å². The van der Waals surface area contributed by atoms with Crippen LogP contribution in [0.2, 0.25) is 0 Å². The van der Waals surface area contributed by atoms with Gasteiger partial charge in [-0.3, -0.25) is 0 Å². The molecule has 2 aromatic carbocycles. The summed E-state index contributed by atoms with van der Waals surface area (Å²) in [5.74, 6) is 0.758. The molecule has 0 aliphatic rings. The average Bonchev–Trinajstić information content (AvgIpc) is 2.43. The van der Waals surface area contributed by atoms with Crippen molar-refractivity contribution in [1.82, 2.24) is 0 Å². The molecule has 0 atom stereocenters. The Morgan fingerprint density at radius 1 is 1.05 bits per heavy atom. The molecule has 0 aliphatic carbocycles. The van der Waals surface area contributed by atoms with Crippen LogP contribution in [0, 0.1) is 5.82 Å². The molecule has 0 saturated heterocycles. The third-order valence-corrected chi connectivity index (χ3v) is 2.72. The molecule has 0 amide bonds. The van der Waals surface area contributed by atoms with E-state index in [2.05, 4.69) is 5.32 Å². The SMILES string of the molecule is COc1ccc(Nc2cccc(F)c2N)cc1OC. The van der Waals surface area contributed by atoms with Gasteiger partial charge in [0.2, 0.25) is 0 Å². The molecule has 0 aromatic heterocycles. The summed E-state index contributed by atoms with van der Waals surface area (Å²) >= 11 is 0. The molecule has 0 bridgehead atoms. The number of methoxy groups -OCH3 is 2. The first-order valence-electron chi connectivity index (χ1n) is 5.68. The van der Waals surface area contributed by atoms with E-state index in [1.165, 1.54) is 6.07 Å². The molecule has 0 radical (unpaired) electrons. The normalized spacial score (nSPS) is 10.1. The van der Waals surface area contributed by atoms with Crippen molar-refractivity contribution in [3.63, 3.8) is 0 Å². The summed E-state index contributed by atoms with van der Waals surface area (Å²) in [6, 6.07) is 9.92. The first kappa shape index (κ1) is 13.0. The van der Waals surface area contributed by atoms with E-state index >= 15 is 0 Å². The number of halogens is 1. The molecule has 2 rings (SSSR count). The smallest absolute Gasteiger partial charge is 0.162 e. The van der Waals surface area contributed by atoms with Gasteiger partial charge in [-0.05, 0) is 24.3 Å². The Kier molecular flexibility index (Phi) is 3.75. The molecule has 0 aliphatic heterocycles. The number of hydrogen-bond donors (Lipinski definition) is 2. The molecule has 0 heterocycles. The Hall–Kier alpha value is -2.43. The monoisotopic (exact) mass is 262 g/mol. The van der Waals surface area contributed by atoms with Gasteiger partial charge < -0.3 is 20.5 Å². The maximum atomic E-state index is 13.3. The highest BCUT2D eigenvalue weighted by atomic mass is 19.1. The van der Waals surface area contributed by atoms with E-state index in [1.807, 2.05) is 0 Å². The van der Waals surface area contributed by atoms with Crippen LogP contribution in [-0.2, 0) is 0 Å². The summed E-state index contributed by atoms with van der Waals surface area (Å²) in [5, 5.41) is 3.04. The Balaban J connectivity index is 2.31. The lowest BCUT2D eigenvalue weighted by Gasteiger charge is -2.12. The van der Waals surface area contributed by atoms with E-state index in [1.54, 1.807) is 44.6 Å². The summed E-state index contributed by atoms with van der Waals surface area (Å²) in [4.78, 5) is 0. The molecule has 0 spiro atoms. The molecule has 5 heteroatoms. The van der Waals surface area contributed by atoms with E-state index in [0.29, 0.717) is 17.2 Å². The Labute approximate surface area is 111 Å². The van der Waals surface area contributed by atoms with Crippen LogP contribution in [-0.4, -0.2) is 14.2 Å². The molecule has 2 aromatic rings. The first-order valence-corrected chi connectivity index (χ1v) is 5.68. The number of ether oxygens (including phenoxy) is 2. The fourth-order valence-corrected chi connectivity index (χ4v) is 1.72. The molecular formula is C14H15FN2O2. The van der Waals surface area contributed by atoms with Crippen LogP contribution in [0.25, 0.3) is 0 Å². The van der Waals surface area contributed by atoms with E-state index in [4.69, 9.17) is 15.2 Å². The Morgan fingerprint density at radius 3 is 2.47 bits per heavy atom. The fourth-order valence-electron chi connectivity index (χ4n) is 1.72. The van der Waals surface area contributed by atoms with Crippen LogP contribution >= 0.6 is 0 Å². The van der Waals surface area contributed by atoms with Gasteiger partial charge in [0, 0.05) is 11.8 Å². The van der Waals surface area contributed by atoms with E-state index in [9.17, 15) is 4.39 Å². The first-order chi connectivity index (χ1) is 9.15. The second-order valence-electron chi connectivity index (χ2n) is 3.90. The highest BCUT2D eigenvalue weighted by Gasteiger charge is 2.07. The molecule has 100 valence electrons. The molecule has 4 nitrogen and oxygen atoms in total. The minimum absolute atomic E-state index is 0.0808. The van der Waals surface area contributed by atoms with Crippen molar-refractivity contribution in [2.45, 2.75) is 0 Å². The van der Waals surface area contributed by atoms with Crippen molar-refractivity contribution >= 4 is 17.1 Å². The van der Waals surface area contributed by atoms with Gasteiger partial charge in [-0.15, -0.1) is 0 Å². The third kappa shape index (κ3) is 2.70. The number of para-hydroxylation sites is 1. The maximum Gasteiger partial charge on any atom is 0.162 e. The number of nitrogens with one attached hydrogen (secondary N) is 1. The number of nitrogens with two attached hydrogens (primary N) is 1. The number of nitrogen functional groups attached to an aromatic ring is 1. The zero-order valence-electron chi connectivity index (χ0n) is 10.7. The largest absolute Gasteiger partial charge is 0.493 e. The quantitative estimate of drug-likeness (QED) is 0.831. The average molecular weight is 262 g/mol. The third-order valence-electron chi connectivity index (χ3n) is 2.72. The van der Waals surface area contributed by atoms with Gasteiger partial charge in [0.1, 0.15) is 5.82 Å². The minimum atomic E-state index is -0.453. The summed E-state index contributed by atoms with van der Waals surface area (Å²) in [7, 11) is 3.12. The van der Waals surface area contributed by atoms with Crippen molar-refractivity contribution in [2.24, 2.45) is 0 Å². The zero-order valence-corrected chi connectivity index (χ0v) is 10.7. The summed E-state index contributed by atoms with van der Waals surface area (Å²) in [5.41, 5.74) is 6.98. The van der Waals surface area contributed by atoms with Gasteiger partial charge in [0.05, 0.1) is 25.6 Å². The highest BCUT2D eigenvalue weighted by molar-refractivity contribution is 5.73. The van der Waals surface area contributed by atoms with Crippen LogP contribution in [0.15, 0.2) is 36.4 Å². The number of hydrogen-bond acceptors (Lipinski definition) is 4. The van der Waals surface area contributed by atoms with Crippen molar-refractivity contribution in [2.75, 3.05) is 25.3 Å². The Bertz CT molecular complexity index is 588. The van der Waals surface area contributed by atoms with Crippen molar-refractivity contribution < 1.29 is 13.9 Å². The summed E-state index contributed by atoms with van der Waals surface area (Å²) in [6.07, 6.45) is 0. The Morgan fingerprint density at radius 2 is 1.79 bits per heavy atom. The van der Waals surface area contributed by atoms with Gasteiger partial charge in [-0.2, -0.15) is 0 Å². The second kappa shape index (κ2) is 5.48. The predicted molar refractivity (Wildman–Crippen MR) is 73.6 cm³/mol. The van der Waals surface area contributed by atoms with Crippen LogP contribution in [0.3, 0.4) is 0 Å². The van der Waals surface area contributed by atoms with Crippen LogP contribution in [0.1, 0.15) is 0 Å². The lowest BCUT2D eigenvalue weighted by atomic mass is 10.2. The van der Waals surface area contributed by atoms with Gasteiger partial charge in [0.25, 0.3) is 0 Å². The zero-order chi connectivity index (χ0) is 13.8. The molecule has 3 N–H and O–H groups in total. The summed E-state index contributed by atoms with van der Waals surface area (Å²) < 4.78 is 23.7. The van der Waals surface area contributed by atoms with Crippen LogP contribution in [0.4, 0.5) is 21.5 Å². The highest BCUT2D eigenvalue weighted by Crippen LogP contribution is 2.32. The van der Waals surface area contributed by atoms with Crippen LogP contribution in [0.5, 0.6) is 11.5 Å². The minimum Gasteiger partial charge on any atom is -0.493 e. The van der Waals surface area contributed by atoms with Gasteiger partial charge >= 0.3 is 0 Å². The second-order valence-corrected chi connectivity index (χ2v) is 3.90. The maximum absolute atomic E-state index is 13.3. The lowest BCUT2D eigenvalue weighted by molar-refractivity contribution is 0.355. The summed E-state index contributed by atoms with van der Waals surface area (Å²) in [6.45, 7) is 0.